The van der Waals surface area contributed by atoms with Gasteiger partial charge < -0.3 is 0 Å². The average Bonchev–Trinajstić information content (AvgIpc) is 2.77. The van der Waals surface area contributed by atoms with Crippen LogP contribution in [-0.4, -0.2) is 14.7 Å². The fourth-order valence-electron chi connectivity index (χ4n) is 1.45. The van der Waals surface area contributed by atoms with Crippen molar-refractivity contribution < 1.29 is 13.7 Å². The Kier molecular flexibility index (Phi) is 3.24. The summed E-state index contributed by atoms with van der Waals surface area (Å²) in [6.07, 6.45) is -0.739. The molecule has 0 saturated carbocycles. The van der Waals surface area contributed by atoms with Crippen LogP contribution < -0.4 is 0 Å². The molecule has 0 fully saturated rings. The van der Waals surface area contributed by atoms with Crippen molar-refractivity contribution in [2.45, 2.75) is 6.43 Å². The van der Waals surface area contributed by atoms with Crippen LogP contribution in [0.25, 0.3) is 5.69 Å². The van der Waals surface area contributed by atoms with E-state index in [1.165, 1.54) is 18.2 Å². The number of aromatic nitrogens is 2. The average molecular weight is 274 g/mol. The zero-order valence-corrected chi connectivity index (χ0v) is 9.51. The molecule has 5 nitrogen and oxygen atoms in total. The minimum Gasteiger partial charge on any atom is -0.258 e. The highest BCUT2D eigenvalue weighted by molar-refractivity contribution is 6.32. The molecule has 1 aromatic carbocycles. The van der Waals surface area contributed by atoms with Crippen molar-refractivity contribution in [2.24, 2.45) is 0 Å². The third-order valence-corrected chi connectivity index (χ3v) is 2.55. The zero-order chi connectivity index (χ0) is 13.3. The molecule has 18 heavy (non-hydrogen) atoms. The fraction of sp³-hybridized carbons (Fsp3) is 0.100. The molecule has 0 spiro atoms. The fourth-order valence-corrected chi connectivity index (χ4v) is 1.71. The van der Waals surface area contributed by atoms with Crippen molar-refractivity contribution in [1.82, 2.24) is 9.78 Å². The number of alkyl halides is 2. The molecule has 1 aromatic heterocycles. The summed E-state index contributed by atoms with van der Waals surface area (Å²) < 4.78 is 25.8. The van der Waals surface area contributed by atoms with Crippen LogP contribution in [0.1, 0.15) is 12.0 Å². The first kappa shape index (κ1) is 12.4. The predicted molar refractivity (Wildman–Crippen MR) is 60.2 cm³/mol. The summed E-state index contributed by atoms with van der Waals surface area (Å²) in [5.74, 6) is 0. The molecule has 0 amide bonds. The van der Waals surface area contributed by atoms with E-state index in [9.17, 15) is 18.9 Å². The molecule has 2 aromatic rings. The monoisotopic (exact) mass is 273 g/mol. The first-order chi connectivity index (χ1) is 8.50. The number of hydrogen-bond donors (Lipinski definition) is 0. The second-order valence-electron chi connectivity index (χ2n) is 3.38. The standard InChI is InChI=1S/C10H6ClF2N3O2/c11-7-2-1-3-8(16(17)18)9(7)15-5-6(4-14-15)10(12)13/h1-5,10H. The minimum atomic E-state index is -2.69. The summed E-state index contributed by atoms with van der Waals surface area (Å²) in [5.41, 5.74) is -0.660. The number of para-hydroxylation sites is 1. The molecule has 0 N–H and O–H groups in total. The number of nitrogens with zero attached hydrogens (tertiary/aromatic N) is 3. The Morgan fingerprint density at radius 3 is 2.72 bits per heavy atom. The van der Waals surface area contributed by atoms with Gasteiger partial charge in [0.05, 0.1) is 21.7 Å². The highest BCUT2D eigenvalue weighted by atomic mass is 35.5. The summed E-state index contributed by atoms with van der Waals surface area (Å²) in [7, 11) is 0. The van der Waals surface area contributed by atoms with Crippen LogP contribution >= 0.6 is 11.6 Å². The molecule has 94 valence electrons. The summed E-state index contributed by atoms with van der Waals surface area (Å²) in [6, 6.07) is 4.06. The van der Waals surface area contributed by atoms with E-state index in [0.29, 0.717) is 0 Å². The van der Waals surface area contributed by atoms with E-state index in [1.807, 2.05) is 0 Å². The topological polar surface area (TPSA) is 61.0 Å². The smallest absolute Gasteiger partial charge is 0.258 e. The van der Waals surface area contributed by atoms with Crippen molar-refractivity contribution in [1.29, 1.82) is 0 Å². The van der Waals surface area contributed by atoms with E-state index in [4.69, 9.17) is 11.6 Å². The van der Waals surface area contributed by atoms with Gasteiger partial charge in [0, 0.05) is 12.3 Å². The third kappa shape index (κ3) is 2.17. The number of halogens is 3. The van der Waals surface area contributed by atoms with Gasteiger partial charge in [0.2, 0.25) is 0 Å². The van der Waals surface area contributed by atoms with Crippen LogP contribution in [0.3, 0.4) is 0 Å². The van der Waals surface area contributed by atoms with Gasteiger partial charge in [0.15, 0.2) is 5.69 Å². The van der Waals surface area contributed by atoms with E-state index >= 15 is 0 Å². The molecule has 0 aliphatic carbocycles. The van der Waals surface area contributed by atoms with Gasteiger partial charge in [-0.25, -0.2) is 13.5 Å². The van der Waals surface area contributed by atoms with Gasteiger partial charge in [-0.3, -0.25) is 10.1 Å². The van der Waals surface area contributed by atoms with E-state index in [1.54, 1.807) is 0 Å². The van der Waals surface area contributed by atoms with E-state index in [0.717, 1.165) is 17.1 Å². The third-order valence-electron chi connectivity index (χ3n) is 2.25. The predicted octanol–water partition coefficient (Wildman–Crippen LogP) is 3.37. The SMILES string of the molecule is O=[N+]([O-])c1cccc(Cl)c1-n1cc(C(F)F)cn1. The highest BCUT2D eigenvalue weighted by Gasteiger charge is 2.20. The normalized spacial score (nSPS) is 10.9. The van der Waals surface area contributed by atoms with Gasteiger partial charge in [0.25, 0.3) is 12.1 Å². The maximum Gasteiger partial charge on any atom is 0.296 e. The largest absolute Gasteiger partial charge is 0.296 e. The quantitative estimate of drug-likeness (QED) is 0.636. The molecule has 1 heterocycles. The highest BCUT2D eigenvalue weighted by Crippen LogP contribution is 2.30. The van der Waals surface area contributed by atoms with Gasteiger partial charge in [0.1, 0.15) is 0 Å². The Bertz CT molecular complexity index is 601. The van der Waals surface area contributed by atoms with Crippen LogP contribution in [0.4, 0.5) is 14.5 Å². The summed E-state index contributed by atoms with van der Waals surface area (Å²) in [5, 5.41) is 14.6. The lowest BCUT2D eigenvalue weighted by Gasteiger charge is -2.04. The Labute approximate surface area is 105 Å². The second-order valence-corrected chi connectivity index (χ2v) is 3.79. The molecule has 0 saturated heterocycles. The first-order valence-electron chi connectivity index (χ1n) is 4.76. The van der Waals surface area contributed by atoms with E-state index < -0.39 is 11.3 Å². The maximum atomic E-state index is 12.4. The molecule has 8 heteroatoms. The lowest BCUT2D eigenvalue weighted by atomic mass is 10.2. The molecular weight excluding hydrogens is 268 g/mol. The Morgan fingerprint density at radius 2 is 2.17 bits per heavy atom. The number of hydrogen-bond acceptors (Lipinski definition) is 3. The van der Waals surface area contributed by atoms with Crippen molar-refractivity contribution >= 4 is 17.3 Å². The van der Waals surface area contributed by atoms with Crippen molar-refractivity contribution in [2.75, 3.05) is 0 Å². The van der Waals surface area contributed by atoms with Crippen LogP contribution in [0.2, 0.25) is 5.02 Å². The number of rotatable bonds is 3. The molecule has 2 rings (SSSR count). The summed E-state index contributed by atoms with van der Waals surface area (Å²) in [6.45, 7) is 0. The van der Waals surface area contributed by atoms with Gasteiger partial charge >= 0.3 is 0 Å². The lowest BCUT2D eigenvalue weighted by Crippen LogP contribution is -2.01. The summed E-state index contributed by atoms with van der Waals surface area (Å²) >= 11 is 5.84. The minimum absolute atomic E-state index is 0.0314. The van der Waals surface area contributed by atoms with E-state index in [2.05, 4.69) is 5.10 Å². The van der Waals surface area contributed by atoms with Crippen molar-refractivity contribution in [3.8, 4) is 5.69 Å². The Hall–Kier alpha value is -2.02. The molecule has 0 aliphatic rings. The zero-order valence-electron chi connectivity index (χ0n) is 8.76. The lowest BCUT2D eigenvalue weighted by molar-refractivity contribution is -0.384. The molecule has 0 unspecified atom stereocenters. The first-order valence-corrected chi connectivity index (χ1v) is 5.14. The van der Waals surface area contributed by atoms with Gasteiger partial charge in [-0.1, -0.05) is 17.7 Å². The van der Waals surface area contributed by atoms with Crippen LogP contribution in [0, 0.1) is 10.1 Å². The molecule has 0 atom stereocenters. The van der Waals surface area contributed by atoms with Gasteiger partial charge in [-0.05, 0) is 6.07 Å². The molecule has 0 bridgehead atoms. The molecular formula is C10H6ClF2N3O2. The number of benzene rings is 1. The maximum absolute atomic E-state index is 12.4. The molecule has 0 radical (unpaired) electrons. The number of nitro groups is 1. The van der Waals surface area contributed by atoms with Gasteiger partial charge in [-0.2, -0.15) is 5.10 Å². The van der Waals surface area contributed by atoms with Crippen molar-refractivity contribution in [3.05, 3.63) is 51.3 Å². The Balaban J connectivity index is 2.58. The number of nitro benzene ring substituents is 1. The Morgan fingerprint density at radius 1 is 1.44 bits per heavy atom. The van der Waals surface area contributed by atoms with Gasteiger partial charge in [-0.15, -0.1) is 0 Å². The van der Waals surface area contributed by atoms with Crippen molar-refractivity contribution in [3.63, 3.8) is 0 Å². The van der Waals surface area contributed by atoms with E-state index in [-0.39, 0.29) is 22.0 Å². The second kappa shape index (κ2) is 4.69. The summed E-state index contributed by atoms with van der Waals surface area (Å²) in [4.78, 5) is 10.2. The van der Waals surface area contributed by atoms with Crippen LogP contribution in [0.5, 0.6) is 0 Å². The van der Waals surface area contributed by atoms with Crippen LogP contribution in [-0.2, 0) is 0 Å². The van der Waals surface area contributed by atoms with Crippen LogP contribution in [0.15, 0.2) is 30.6 Å². The molecule has 0 aliphatic heterocycles.